The molecule has 7 heteroatoms. The lowest BCUT2D eigenvalue weighted by atomic mass is 10.0. The van der Waals surface area contributed by atoms with Crippen LogP contribution in [0.5, 0.6) is 0 Å². The van der Waals surface area contributed by atoms with E-state index in [4.69, 9.17) is 18.6 Å². The maximum absolute atomic E-state index is 13.1. The predicted octanol–water partition coefficient (Wildman–Crippen LogP) is 6.07. The van der Waals surface area contributed by atoms with Gasteiger partial charge < -0.3 is 23.7 Å². The SMILES string of the molecule is CC(C)(C)[Si](C)(C)OCCC[C@H]1O[C@@H](CCOCc2ccccc2)[C@H](OCc2ccccc2)C[C@@H](O)C1=O. The summed E-state index contributed by atoms with van der Waals surface area (Å²) in [6.07, 6.45) is -0.575. The highest BCUT2D eigenvalue weighted by Crippen LogP contribution is 2.36. The molecule has 0 amide bonds. The first kappa shape index (κ1) is 30.7. The van der Waals surface area contributed by atoms with Crippen LogP contribution in [0.1, 0.15) is 57.6 Å². The van der Waals surface area contributed by atoms with Crippen molar-refractivity contribution < 1.29 is 28.5 Å². The van der Waals surface area contributed by atoms with Gasteiger partial charge in [0.1, 0.15) is 12.2 Å². The van der Waals surface area contributed by atoms with Crippen molar-refractivity contribution in [2.24, 2.45) is 0 Å². The maximum atomic E-state index is 13.1. The van der Waals surface area contributed by atoms with Crippen LogP contribution in [0, 0.1) is 0 Å². The number of carbonyl (C=O) groups excluding carboxylic acids is 1. The zero-order valence-corrected chi connectivity index (χ0v) is 24.7. The molecule has 6 nitrogen and oxygen atoms in total. The van der Waals surface area contributed by atoms with E-state index in [-0.39, 0.29) is 23.3 Å². The molecule has 1 saturated heterocycles. The van der Waals surface area contributed by atoms with E-state index >= 15 is 0 Å². The minimum Gasteiger partial charge on any atom is -0.417 e. The van der Waals surface area contributed by atoms with Gasteiger partial charge in [-0.2, -0.15) is 0 Å². The third-order valence-electron chi connectivity index (χ3n) is 7.70. The number of benzene rings is 2. The minimum absolute atomic E-state index is 0.131. The van der Waals surface area contributed by atoms with Crippen LogP contribution in [-0.2, 0) is 36.6 Å². The molecule has 0 aromatic heterocycles. The first-order valence-corrected chi connectivity index (χ1v) is 16.8. The average Bonchev–Trinajstić information content (AvgIpc) is 3.00. The summed E-state index contributed by atoms with van der Waals surface area (Å²) in [7, 11) is -1.86. The second kappa shape index (κ2) is 14.5. The van der Waals surface area contributed by atoms with Gasteiger partial charge in [-0.25, -0.2) is 0 Å². The van der Waals surface area contributed by atoms with Crippen LogP contribution >= 0.6 is 0 Å². The number of ketones is 1. The Labute approximate surface area is 229 Å². The van der Waals surface area contributed by atoms with Crippen molar-refractivity contribution in [3.63, 3.8) is 0 Å². The molecule has 2 aromatic rings. The molecular weight excluding hydrogens is 496 g/mol. The highest BCUT2D eigenvalue weighted by atomic mass is 28.4. The van der Waals surface area contributed by atoms with Crippen molar-refractivity contribution in [1.29, 1.82) is 0 Å². The van der Waals surface area contributed by atoms with E-state index in [9.17, 15) is 9.90 Å². The molecule has 0 unspecified atom stereocenters. The monoisotopic (exact) mass is 542 g/mol. The first-order valence-electron chi connectivity index (χ1n) is 13.9. The number of hydrogen-bond donors (Lipinski definition) is 1. The maximum Gasteiger partial charge on any atom is 0.191 e. The van der Waals surface area contributed by atoms with Gasteiger partial charge in [-0.1, -0.05) is 81.4 Å². The van der Waals surface area contributed by atoms with E-state index in [1.54, 1.807) is 0 Å². The lowest BCUT2D eigenvalue weighted by molar-refractivity contribution is -0.143. The Kier molecular flexibility index (Phi) is 11.7. The fourth-order valence-electron chi connectivity index (χ4n) is 4.26. The molecule has 2 aromatic carbocycles. The van der Waals surface area contributed by atoms with E-state index in [0.29, 0.717) is 45.7 Å². The van der Waals surface area contributed by atoms with E-state index < -0.39 is 26.6 Å². The fourth-order valence-corrected chi connectivity index (χ4v) is 5.35. The largest absolute Gasteiger partial charge is 0.417 e. The predicted molar refractivity (Wildman–Crippen MR) is 152 cm³/mol. The second-order valence-corrected chi connectivity index (χ2v) is 16.5. The Morgan fingerprint density at radius 2 is 1.53 bits per heavy atom. The molecule has 0 radical (unpaired) electrons. The molecular formula is C31H46O6Si. The molecule has 0 spiro atoms. The van der Waals surface area contributed by atoms with Crippen molar-refractivity contribution >= 4 is 14.1 Å². The van der Waals surface area contributed by atoms with Crippen LogP contribution in [0.25, 0.3) is 0 Å². The van der Waals surface area contributed by atoms with Gasteiger partial charge in [-0.05, 0) is 48.5 Å². The molecule has 38 heavy (non-hydrogen) atoms. The summed E-state index contributed by atoms with van der Waals surface area (Å²) < 4.78 is 24.9. The average molecular weight is 543 g/mol. The molecule has 210 valence electrons. The Hall–Kier alpha value is -1.87. The first-order chi connectivity index (χ1) is 18.1. The molecule has 0 saturated carbocycles. The van der Waals surface area contributed by atoms with Crippen LogP contribution in [0.3, 0.4) is 0 Å². The molecule has 0 bridgehead atoms. The van der Waals surface area contributed by atoms with Gasteiger partial charge in [0.25, 0.3) is 0 Å². The van der Waals surface area contributed by atoms with Crippen molar-refractivity contribution in [3.05, 3.63) is 71.8 Å². The number of carbonyl (C=O) groups is 1. The summed E-state index contributed by atoms with van der Waals surface area (Å²) in [4.78, 5) is 13.1. The number of ether oxygens (including phenoxy) is 3. The molecule has 3 rings (SSSR count). The number of aliphatic hydroxyl groups excluding tert-OH is 1. The molecule has 1 heterocycles. The van der Waals surface area contributed by atoms with Gasteiger partial charge in [0, 0.05) is 19.6 Å². The minimum atomic E-state index is -1.86. The van der Waals surface area contributed by atoms with Crippen molar-refractivity contribution in [1.82, 2.24) is 0 Å². The van der Waals surface area contributed by atoms with Gasteiger partial charge in [0.15, 0.2) is 14.1 Å². The van der Waals surface area contributed by atoms with Gasteiger partial charge >= 0.3 is 0 Å². The van der Waals surface area contributed by atoms with Gasteiger partial charge in [0.05, 0.1) is 25.4 Å². The standard InChI is InChI=1S/C31H46O6Si/c1-31(2,3)38(4,5)36-19-12-17-28-30(33)26(32)21-29(35-23-25-15-10-7-11-16-25)27(37-28)18-20-34-22-24-13-8-6-9-14-24/h6-11,13-16,26-29,32H,12,17-23H2,1-5H3/t26-,27+,28-,29-/m1/s1. The summed E-state index contributed by atoms with van der Waals surface area (Å²) in [5, 5.41) is 10.9. The smallest absolute Gasteiger partial charge is 0.191 e. The van der Waals surface area contributed by atoms with Gasteiger partial charge in [-0.3, -0.25) is 4.79 Å². The Morgan fingerprint density at radius 3 is 2.13 bits per heavy atom. The molecule has 1 aliphatic heterocycles. The fraction of sp³-hybridized carbons (Fsp3) is 0.581. The van der Waals surface area contributed by atoms with E-state index in [2.05, 4.69) is 33.9 Å². The normalized spacial score (nSPS) is 22.8. The van der Waals surface area contributed by atoms with Gasteiger partial charge in [0.2, 0.25) is 0 Å². The Bertz CT molecular complexity index is 959. The van der Waals surface area contributed by atoms with E-state index in [1.165, 1.54) is 0 Å². The number of Topliss-reactive ketones (excluding diaryl/α,β-unsaturated/α-hetero) is 1. The second-order valence-electron chi connectivity index (χ2n) is 11.7. The third kappa shape index (κ3) is 9.40. The lowest BCUT2D eigenvalue weighted by Crippen LogP contribution is -2.41. The summed E-state index contributed by atoms with van der Waals surface area (Å²) in [5.74, 6) is -0.265. The van der Waals surface area contributed by atoms with Crippen LogP contribution in [0.15, 0.2) is 60.7 Å². The van der Waals surface area contributed by atoms with Crippen molar-refractivity contribution in [3.8, 4) is 0 Å². The Morgan fingerprint density at radius 1 is 0.921 bits per heavy atom. The summed E-state index contributed by atoms with van der Waals surface area (Å²) in [6, 6.07) is 19.9. The summed E-state index contributed by atoms with van der Waals surface area (Å²) in [5.41, 5.74) is 2.15. The number of hydrogen-bond acceptors (Lipinski definition) is 6. The zero-order chi connectivity index (χ0) is 27.6. The molecule has 1 fully saturated rings. The molecule has 4 atom stereocenters. The third-order valence-corrected chi connectivity index (χ3v) is 12.2. The van der Waals surface area contributed by atoms with Crippen LogP contribution in [-0.4, -0.2) is 56.8 Å². The zero-order valence-electron chi connectivity index (χ0n) is 23.7. The van der Waals surface area contributed by atoms with Gasteiger partial charge in [-0.15, -0.1) is 0 Å². The topological polar surface area (TPSA) is 74.2 Å². The van der Waals surface area contributed by atoms with Crippen LogP contribution in [0.2, 0.25) is 18.1 Å². The van der Waals surface area contributed by atoms with Crippen molar-refractivity contribution in [2.75, 3.05) is 13.2 Å². The van der Waals surface area contributed by atoms with E-state index in [1.807, 2.05) is 60.7 Å². The highest BCUT2D eigenvalue weighted by molar-refractivity contribution is 6.74. The van der Waals surface area contributed by atoms with Crippen LogP contribution < -0.4 is 0 Å². The number of aliphatic hydroxyl groups is 1. The number of rotatable bonds is 13. The van der Waals surface area contributed by atoms with Crippen LogP contribution in [0.4, 0.5) is 0 Å². The highest BCUT2D eigenvalue weighted by Gasteiger charge is 2.40. The van der Waals surface area contributed by atoms with Crippen molar-refractivity contribution in [2.45, 2.75) is 102 Å². The van der Waals surface area contributed by atoms with E-state index in [0.717, 1.165) is 11.1 Å². The molecule has 1 aliphatic rings. The molecule has 0 aliphatic carbocycles. The Balaban J connectivity index is 1.61. The molecule has 1 N–H and O–H groups in total. The summed E-state index contributed by atoms with van der Waals surface area (Å²) in [6.45, 7) is 13.1. The quantitative estimate of drug-likeness (QED) is 0.245. The summed E-state index contributed by atoms with van der Waals surface area (Å²) >= 11 is 0. The lowest BCUT2D eigenvalue weighted by Gasteiger charge is -2.36.